The topological polar surface area (TPSA) is 157 Å². The molecule has 0 fully saturated rings. The highest BCUT2D eigenvalue weighted by molar-refractivity contribution is 7.92. The van der Waals surface area contributed by atoms with Crippen molar-refractivity contribution in [1.82, 2.24) is 0 Å². The van der Waals surface area contributed by atoms with Gasteiger partial charge in [-0.1, -0.05) is 29.8 Å². The van der Waals surface area contributed by atoms with Gasteiger partial charge in [-0.2, -0.15) is 5.10 Å². The molecular formula is C23H21N5O6S. The second-order valence-electron chi connectivity index (χ2n) is 7.43. The minimum absolute atomic E-state index is 0.00297. The molecule has 35 heavy (non-hydrogen) atoms. The lowest BCUT2D eigenvalue weighted by atomic mass is 10.1. The van der Waals surface area contributed by atoms with E-state index < -0.39 is 25.6 Å². The first-order chi connectivity index (χ1) is 16.6. The Bertz CT molecular complexity index is 1450. The molecule has 0 aliphatic heterocycles. The van der Waals surface area contributed by atoms with Gasteiger partial charge >= 0.3 is 0 Å². The summed E-state index contributed by atoms with van der Waals surface area (Å²) in [6.07, 6.45) is 4.17. The van der Waals surface area contributed by atoms with Crippen molar-refractivity contribution in [3.63, 3.8) is 0 Å². The molecule has 12 heteroatoms. The summed E-state index contributed by atoms with van der Waals surface area (Å²) in [6.45, 7) is 3.61. The third-order valence-electron chi connectivity index (χ3n) is 4.85. The maximum absolute atomic E-state index is 13.1. The molecule has 0 saturated carbocycles. The van der Waals surface area contributed by atoms with E-state index >= 15 is 0 Å². The lowest BCUT2D eigenvalue weighted by Crippen LogP contribution is -2.15. The number of nitrogens with one attached hydrogen (secondary N) is 2. The van der Waals surface area contributed by atoms with Gasteiger partial charge in [0.25, 0.3) is 21.4 Å². The zero-order valence-electron chi connectivity index (χ0n) is 18.7. The Hall–Kier alpha value is -4.58. The van der Waals surface area contributed by atoms with Gasteiger partial charge in [0.2, 0.25) is 0 Å². The Morgan fingerprint density at radius 2 is 1.63 bits per heavy atom. The molecule has 180 valence electrons. The number of para-hydroxylation sites is 1. The van der Waals surface area contributed by atoms with Crippen molar-refractivity contribution < 1.29 is 18.3 Å². The van der Waals surface area contributed by atoms with Gasteiger partial charge in [-0.05, 0) is 49.8 Å². The number of nitro benzene ring substituents is 2. The average Bonchev–Trinajstić information content (AvgIpc) is 2.80. The van der Waals surface area contributed by atoms with Crippen LogP contribution in [-0.4, -0.2) is 24.5 Å². The molecule has 2 N–H and O–H groups in total. The Balaban J connectivity index is 1.87. The molecule has 0 atom stereocenters. The molecule has 3 aromatic rings. The van der Waals surface area contributed by atoms with Crippen LogP contribution in [0.4, 0.5) is 22.7 Å². The van der Waals surface area contributed by atoms with Crippen molar-refractivity contribution in [2.24, 2.45) is 5.10 Å². The van der Waals surface area contributed by atoms with Crippen molar-refractivity contribution in [2.75, 3.05) is 10.1 Å². The molecule has 0 amide bonds. The fourth-order valence-corrected chi connectivity index (χ4v) is 4.47. The van der Waals surface area contributed by atoms with Crippen LogP contribution in [0.25, 0.3) is 6.08 Å². The van der Waals surface area contributed by atoms with Gasteiger partial charge in [0.05, 0.1) is 26.8 Å². The molecular weight excluding hydrogens is 474 g/mol. The molecule has 11 nitrogen and oxygen atoms in total. The largest absolute Gasteiger partial charge is 0.279 e. The van der Waals surface area contributed by atoms with Crippen LogP contribution in [-0.2, 0) is 10.0 Å². The van der Waals surface area contributed by atoms with Gasteiger partial charge in [-0.25, -0.2) is 8.42 Å². The summed E-state index contributed by atoms with van der Waals surface area (Å²) < 4.78 is 28.7. The quantitative estimate of drug-likeness (QED) is 0.239. The number of hydrazone groups is 1. The summed E-state index contributed by atoms with van der Waals surface area (Å²) in [5.41, 5.74) is 4.42. The normalized spacial score (nSPS) is 11.6. The first-order valence-corrected chi connectivity index (χ1v) is 11.6. The van der Waals surface area contributed by atoms with Gasteiger partial charge in [0.15, 0.2) is 0 Å². The lowest BCUT2D eigenvalue weighted by molar-refractivity contribution is -0.385. The highest BCUT2D eigenvalue weighted by atomic mass is 32.2. The third kappa shape index (κ3) is 6.26. The van der Waals surface area contributed by atoms with Crippen LogP contribution < -0.4 is 10.1 Å². The Kier molecular flexibility index (Phi) is 7.56. The van der Waals surface area contributed by atoms with E-state index in [-0.39, 0.29) is 16.3 Å². The lowest BCUT2D eigenvalue weighted by Gasteiger charge is -2.13. The van der Waals surface area contributed by atoms with E-state index in [0.717, 1.165) is 17.7 Å². The number of rotatable bonds is 9. The molecule has 0 aromatic heterocycles. The predicted molar refractivity (Wildman–Crippen MR) is 134 cm³/mol. The van der Waals surface area contributed by atoms with E-state index in [9.17, 15) is 28.6 Å². The minimum Gasteiger partial charge on any atom is -0.279 e. The van der Waals surface area contributed by atoms with Gasteiger partial charge in [-0.15, -0.1) is 0 Å². The molecule has 0 saturated heterocycles. The van der Waals surface area contributed by atoms with Gasteiger partial charge in [-0.3, -0.25) is 30.4 Å². The summed E-state index contributed by atoms with van der Waals surface area (Å²) >= 11 is 0. The van der Waals surface area contributed by atoms with E-state index in [1.165, 1.54) is 30.5 Å². The van der Waals surface area contributed by atoms with Crippen molar-refractivity contribution in [3.8, 4) is 0 Å². The molecule has 3 aromatic carbocycles. The summed E-state index contributed by atoms with van der Waals surface area (Å²) in [5.74, 6) is 0. The van der Waals surface area contributed by atoms with Crippen molar-refractivity contribution in [2.45, 2.75) is 18.7 Å². The number of allylic oxidation sites excluding steroid dienone is 1. The minimum atomic E-state index is -4.22. The second-order valence-corrected chi connectivity index (χ2v) is 9.08. The number of nitrogens with zero attached hydrogens (tertiary/aromatic N) is 3. The first kappa shape index (κ1) is 25.1. The molecule has 3 rings (SSSR count). The fraction of sp³-hybridized carbons (Fsp3) is 0.0870. The highest BCUT2D eigenvalue weighted by Gasteiger charge is 2.23. The number of hydrogen-bond donors (Lipinski definition) is 2. The van der Waals surface area contributed by atoms with Crippen LogP contribution in [0.1, 0.15) is 16.7 Å². The average molecular weight is 496 g/mol. The number of non-ortho nitro benzene ring substituents is 1. The van der Waals surface area contributed by atoms with Crippen LogP contribution in [0.5, 0.6) is 0 Å². The number of aryl methyl sites for hydroxylation is 2. The zero-order valence-corrected chi connectivity index (χ0v) is 19.5. The molecule has 0 heterocycles. The molecule has 0 bridgehead atoms. The van der Waals surface area contributed by atoms with Crippen LogP contribution in [0.3, 0.4) is 0 Å². The van der Waals surface area contributed by atoms with E-state index in [0.29, 0.717) is 16.8 Å². The number of anilines is 2. The Labute approximate surface area is 201 Å². The maximum Gasteiger partial charge on any atom is 0.276 e. The Morgan fingerprint density at radius 3 is 2.31 bits per heavy atom. The predicted octanol–water partition coefficient (Wildman–Crippen LogP) is 5.03. The SMILES string of the molecule is Cc1ccc(NS(=O)(=O)c2cc([N+](=O)[O-])ccc2NN=CC=Cc2ccccc2[N+](=O)[O-])c(C)c1. The number of nitro groups is 2. The molecule has 0 spiro atoms. The monoisotopic (exact) mass is 495 g/mol. The Morgan fingerprint density at radius 1 is 0.914 bits per heavy atom. The number of hydrogen-bond acceptors (Lipinski definition) is 8. The van der Waals surface area contributed by atoms with Gasteiger partial charge in [0, 0.05) is 24.4 Å². The van der Waals surface area contributed by atoms with Crippen molar-refractivity contribution in [3.05, 3.63) is 104 Å². The highest BCUT2D eigenvalue weighted by Crippen LogP contribution is 2.29. The van der Waals surface area contributed by atoms with Crippen LogP contribution in [0.15, 0.2) is 76.7 Å². The summed E-state index contributed by atoms with van der Waals surface area (Å²) in [7, 11) is -4.22. The second kappa shape index (κ2) is 10.6. The van der Waals surface area contributed by atoms with Gasteiger partial charge in [0.1, 0.15) is 4.90 Å². The summed E-state index contributed by atoms with van der Waals surface area (Å²) in [5, 5.41) is 26.2. The van der Waals surface area contributed by atoms with E-state index in [2.05, 4.69) is 15.2 Å². The maximum atomic E-state index is 13.1. The molecule has 0 radical (unpaired) electrons. The van der Waals surface area contributed by atoms with E-state index in [1.807, 2.05) is 6.92 Å². The number of benzene rings is 3. The van der Waals surface area contributed by atoms with E-state index in [1.54, 1.807) is 43.3 Å². The summed E-state index contributed by atoms with van der Waals surface area (Å²) in [4.78, 5) is 20.7. The smallest absolute Gasteiger partial charge is 0.276 e. The van der Waals surface area contributed by atoms with Crippen LogP contribution >= 0.6 is 0 Å². The zero-order chi connectivity index (χ0) is 25.6. The third-order valence-corrected chi connectivity index (χ3v) is 6.25. The van der Waals surface area contributed by atoms with E-state index in [4.69, 9.17) is 0 Å². The van der Waals surface area contributed by atoms with Crippen molar-refractivity contribution in [1.29, 1.82) is 0 Å². The fourth-order valence-electron chi connectivity index (χ4n) is 3.16. The first-order valence-electron chi connectivity index (χ1n) is 10.2. The molecule has 0 aliphatic rings. The van der Waals surface area contributed by atoms with Crippen LogP contribution in [0.2, 0.25) is 0 Å². The molecule has 0 aliphatic carbocycles. The van der Waals surface area contributed by atoms with Crippen molar-refractivity contribution >= 4 is 45.1 Å². The standard InChI is InChI=1S/C23H21N5O6S/c1-16-9-11-20(17(2)14-16)26-35(33,34)23-15-19(27(29)30)10-12-21(23)25-24-13-5-7-18-6-3-4-8-22(18)28(31)32/h3-15,25-26H,1-2H3. The molecule has 0 unspecified atom stereocenters. The van der Waals surface area contributed by atoms with Gasteiger partial charge < -0.3 is 0 Å². The number of sulfonamides is 1. The van der Waals surface area contributed by atoms with Crippen LogP contribution in [0, 0.1) is 34.1 Å². The summed E-state index contributed by atoms with van der Waals surface area (Å²) in [6, 6.07) is 14.6.